The maximum absolute atomic E-state index is 13.0. The zero-order valence-corrected chi connectivity index (χ0v) is 65.5. The topological polar surface area (TPSA) is 108 Å². The van der Waals surface area contributed by atoms with Gasteiger partial charge < -0.3 is 28.5 Å². The molecule has 1 N–H and O–H groups in total. The molecule has 0 bridgehead atoms. The van der Waals surface area contributed by atoms with E-state index in [0.29, 0.717) is 23.9 Å². The highest BCUT2D eigenvalue weighted by Gasteiger charge is 2.25. The van der Waals surface area contributed by atoms with E-state index in [1.807, 2.05) is 21.1 Å². The van der Waals surface area contributed by atoms with E-state index >= 15 is 0 Å². The summed E-state index contributed by atoms with van der Waals surface area (Å²) in [6, 6.07) is 0. The van der Waals surface area contributed by atoms with Gasteiger partial charge in [-0.15, -0.1) is 0 Å². The molecule has 0 aliphatic rings. The number of carbonyl (C=O) groups is 3. The minimum Gasteiger partial charge on any atom is -0.477 e. The van der Waals surface area contributed by atoms with Gasteiger partial charge in [-0.3, -0.25) is 9.59 Å². The molecule has 2 atom stereocenters. The van der Waals surface area contributed by atoms with Crippen LogP contribution < -0.4 is 0 Å². The molecule has 9 nitrogen and oxygen atoms in total. The first kappa shape index (κ1) is 95.4. The number of hydrogen-bond donors (Lipinski definition) is 1. The third-order valence-corrected chi connectivity index (χ3v) is 17.2. The second-order valence-electron chi connectivity index (χ2n) is 28.0. The van der Waals surface area contributed by atoms with Crippen molar-refractivity contribution in [3.05, 3.63) is 182 Å². The number of aliphatic carboxylic acids is 1. The van der Waals surface area contributed by atoms with E-state index in [2.05, 4.69) is 196 Å². The molecule has 0 spiro atoms. The predicted molar refractivity (Wildman–Crippen MR) is 437 cm³/mol. The van der Waals surface area contributed by atoms with Gasteiger partial charge in [-0.25, -0.2) is 4.79 Å². The van der Waals surface area contributed by atoms with Crippen LogP contribution in [-0.4, -0.2) is 87.4 Å². The van der Waals surface area contributed by atoms with Crippen molar-refractivity contribution in [1.82, 2.24) is 0 Å². The Hall–Kier alpha value is -5.61. The summed E-state index contributed by atoms with van der Waals surface area (Å²) in [7, 11) is 5.98. The van der Waals surface area contributed by atoms with Gasteiger partial charge in [0.05, 0.1) is 34.4 Å². The maximum Gasteiger partial charge on any atom is 0.361 e. The Morgan fingerprint density at radius 2 is 0.535 bits per heavy atom. The standard InChI is InChI=1S/C92H151NO8/c1-6-8-10-12-14-16-18-20-22-24-26-28-30-32-34-36-38-40-42-44-45-47-49-51-53-55-57-59-61-63-65-67-69-71-73-75-77-79-81-83-90(95)101-88(87-100-92(91(96)97)98-85-84-93(3,4)5)86-99-89(94)82-80-78-76-74-72-70-68-66-64-62-60-58-56-54-52-50-48-46-43-41-39-37-35-33-31-29-27-25-23-21-19-17-15-13-11-9-7-2/h8-11,14-17,20-23,26-29,32-35,38,40,44-45,49,51,55,57,61,63,88,92H,6-7,12-13,18-19,24-25,30-31,36-37,39,41-43,46-48,50,52-54,56,58-60,62,64-87H2,1-5H3/p+1/b10-8-,11-9-,16-14-,17-15-,22-20-,23-21-,28-26-,29-27-,34-32-,35-33-,40-38-,45-44-,51-49-,57-55-,63-61-. The average molecular weight is 1400 g/mol. The molecule has 0 aromatic carbocycles. The SMILES string of the molecule is CC/C=C\C/C=C\C/C=C\C/C=C\C/C=C\C/C=C\C/C=C\C/C=C\C/C=C\C/C=C\CCCCCCCCCCC(=O)OC(COC(=O)CCCCCCCCCCCCCCCCCCCCCCC/C=C\C/C=C\C/C=C\C/C=C\C/C=C\CC)COC(OCC[N+](C)(C)C)C(=O)O. The van der Waals surface area contributed by atoms with Crippen molar-refractivity contribution in [3.63, 3.8) is 0 Å². The van der Waals surface area contributed by atoms with E-state index in [1.54, 1.807) is 0 Å². The van der Waals surface area contributed by atoms with E-state index in [1.165, 1.54) is 148 Å². The number of rotatable bonds is 74. The Balaban J connectivity index is 4.09. The minimum atomic E-state index is -1.52. The zero-order chi connectivity index (χ0) is 73.2. The van der Waals surface area contributed by atoms with Gasteiger partial charge in [0, 0.05) is 12.8 Å². The molecule has 101 heavy (non-hydrogen) atoms. The summed E-state index contributed by atoms with van der Waals surface area (Å²) in [4.78, 5) is 37.8. The summed E-state index contributed by atoms with van der Waals surface area (Å²) in [5, 5.41) is 9.78. The maximum atomic E-state index is 13.0. The molecular formula is C92H152NO8+. The number of nitrogens with zero attached hydrogens (tertiary/aromatic N) is 1. The van der Waals surface area contributed by atoms with E-state index < -0.39 is 24.3 Å². The van der Waals surface area contributed by atoms with Crippen LogP contribution in [-0.2, 0) is 33.3 Å². The Bertz CT molecular complexity index is 2330. The molecule has 0 fully saturated rings. The van der Waals surface area contributed by atoms with Gasteiger partial charge >= 0.3 is 17.9 Å². The van der Waals surface area contributed by atoms with E-state index in [0.717, 1.165) is 141 Å². The van der Waals surface area contributed by atoms with Gasteiger partial charge in [-0.2, -0.15) is 0 Å². The molecule has 0 rings (SSSR count). The predicted octanol–water partition coefficient (Wildman–Crippen LogP) is 26.7. The molecule has 0 saturated carbocycles. The van der Waals surface area contributed by atoms with Crippen molar-refractivity contribution in [2.75, 3.05) is 47.5 Å². The van der Waals surface area contributed by atoms with Crippen molar-refractivity contribution in [1.29, 1.82) is 0 Å². The van der Waals surface area contributed by atoms with Gasteiger partial charge in [-0.05, 0) is 135 Å². The van der Waals surface area contributed by atoms with Crippen LogP contribution in [0.2, 0.25) is 0 Å². The first-order chi connectivity index (χ1) is 49.6. The molecule has 0 aliphatic heterocycles. The van der Waals surface area contributed by atoms with Crippen LogP contribution in [0.3, 0.4) is 0 Å². The van der Waals surface area contributed by atoms with Gasteiger partial charge in [0.15, 0.2) is 6.10 Å². The van der Waals surface area contributed by atoms with Crippen molar-refractivity contribution >= 4 is 17.9 Å². The fourth-order valence-electron chi connectivity index (χ4n) is 11.0. The highest BCUT2D eigenvalue weighted by Crippen LogP contribution is 2.18. The largest absolute Gasteiger partial charge is 0.477 e. The Morgan fingerprint density at radius 1 is 0.297 bits per heavy atom. The number of carbonyl (C=O) groups excluding carboxylic acids is 2. The summed E-state index contributed by atoms with van der Waals surface area (Å²) in [5.74, 6) is -2.02. The van der Waals surface area contributed by atoms with Crippen LogP contribution in [0, 0.1) is 0 Å². The fraction of sp³-hybridized carbons (Fsp3) is 0.641. The highest BCUT2D eigenvalue weighted by molar-refractivity contribution is 5.71. The van der Waals surface area contributed by atoms with Crippen molar-refractivity contribution in [3.8, 4) is 0 Å². The molecular weight excluding hydrogens is 1250 g/mol. The van der Waals surface area contributed by atoms with Crippen molar-refractivity contribution < 1.29 is 42.9 Å². The fourth-order valence-corrected chi connectivity index (χ4v) is 11.0. The summed E-state index contributed by atoms with van der Waals surface area (Å²) in [6.07, 6.45) is 119. The van der Waals surface area contributed by atoms with Crippen LogP contribution in [0.4, 0.5) is 0 Å². The molecule has 0 heterocycles. The highest BCUT2D eigenvalue weighted by atomic mass is 16.7. The molecule has 572 valence electrons. The number of esters is 2. The molecule has 0 aromatic rings. The van der Waals surface area contributed by atoms with Crippen molar-refractivity contribution in [2.45, 2.75) is 334 Å². The van der Waals surface area contributed by atoms with Crippen LogP contribution in [0.1, 0.15) is 322 Å². The number of ether oxygens (including phenoxy) is 4. The number of unbranched alkanes of at least 4 members (excludes halogenated alkanes) is 29. The molecule has 2 unspecified atom stereocenters. The number of carboxylic acid groups (broad SMARTS) is 1. The minimum absolute atomic E-state index is 0.179. The Morgan fingerprint density at radius 3 is 0.792 bits per heavy atom. The number of carboxylic acids is 1. The number of likely N-dealkylation sites (N-methyl/N-ethyl adjacent to an activating group) is 1. The van der Waals surface area contributed by atoms with Gasteiger partial charge in [0.25, 0.3) is 6.29 Å². The van der Waals surface area contributed by atoms with Crippen molar-refractivity contribution in [2.24, 2.45) is 0 Å². The number of hydrogen-bond acceptors (Lipinski definition) is 7. The lowest BCUT2D eigenvalue weighted by molar-refractivity contribution is -0.870. The van der Waals surface area contributed by atoms with Gasteiger partial charge in [-0.1, -0.05) is 357 Å². The number of allylic oxidation sites excluding steroid dienone is 30. The summed E-state index contributed by atoms with van der Waals surface area (Å²) >= 11 is 0. The van der Waals surface area contributed by atoms with E-state index in [-0.39, 0.29) is 32.2 Å². The molecule has 0 saturated heterocycles. The van der Waals surface area contributed by atoms with Gasteiger partial charge in [0.1, 0.15) is 13.2 Å². The Kier molecular flexibility index (Phi) is 75.6. The molecule has 0 aromatic heterocycles. The summed E-state index contributed by atoms with van der Waals surface area (Å²) < 4.78 is 23.0. The van der Waals surface area contributed by atoms with Crippen LogP contribution >= 0.6 is 0 Å². The Labute approximate surface area is 621 Å². The normalized spacial score (nSPS) is 13.6. The smallest absolute Gasteiger partial charge is 0.361 e. The lowest BCUT2D eigenvalue weighted by atomic mass is 10.0. The second kappa shape index (κ2) is 80.1. The molecule has 0 amide bonds. The average Bonchev–Trinajstić information content (AvgIpc) is 1.21. The molecule has 0 radical (unpaired) electrons. The van der Waals surface area contributed by atoms with Crippen LogP contribution in [0.5, 0.6) is 0 Å². The van der Waals surface area contributed by atoms with Crippen LogP contribution in [0.15, 0.2) is 182 Å². The first-order valence-electron chi connectivity index (χ1n) is 40.9. The molecule has 9 heteroatoms. The third-order valence-electron chi connectivity index (χ3n) is 17.2. The summed E-state index contributed by atoms with van der Waals surface area (Å²) in [5.41, 5.74) is 0. The first-order valence-corrected chi connectivity index (χ1v) is 40.9. The monoisotopic (exact) mass is 1400 g/mol. The second-order valence-corrected chi connectivity index (χ2v) is 28.0. The van der Waals surface area contributed by atoms with Gasteiger partial charge in [0.2, 0.25) is 0 Å². The lowest BCUT2D eigenvalue weighted by Crippen LogP contribution is -2.40. The molecule has 0 aliphatic carbocycles. The zero-order valence-electron chi connectivity index (χ0n) is 65.5. The lowest BCUT2D eigenvalue weighted by Gasteiger charge is -2.25. The summed E-state index contributed by atoms with van der Waals surface area (Å²) in [6.45, 7) is 4.65. The number of quaternary nitrogens is 1. The third kappa shape index (κ3) is 81.6. The van der Waals surface area contributed by atoms with E-state index in [9.17, 15) is 19.5 Å². The quantitative estimate of drug-likeness (QED) is 0.0211. The van der Waals surface area contributed by atoms with E-state index in [4.69, 9.17) is 18.9 Å². The van der Waals surface area contributed by atoms with Crippen LogP contribution in [0.25, 0.3) is 0 Å².